The van der Waals surface area contributed by atoms with Gasteiger partial charge in [0.2, 0.25) is 5.82 Å². The van der Waals surface area contributed by atoms with Gasteiger partial charge in [0, 0.05) is 11.1 Å². The van der Waals surface area contributed by atoms with Gasteiger partial charge >= 0.3 is 12.1 Å². The molecular weight excluding hydrogens is 475 g/mol. The predicted molar refractivity (Wildman–Crippen MR) is 116 cm³/mol. The number of hydrogen-bond donors (Lipinski definition) is 0. The Hall–Kier alpha value is -3.11. The molecule has 0 spiro atoms. The van der Waals surface area contributed by atoms with Crippen molar-refractivity contribution in [1.29, 1.82) is 0 Å². The summed E-state index contributed by atoms with van der Waals surface area (Å²) in [6, 6.07) is 9.99. The number of benzene rings is 2. The van der Waals surface area contributed by atoms with Crippen molar-refractivity contribution >= 4 is 17.6 Å². The zero-order valence-corrected chi connectivity index (χ0v) is 19.3. The third kappa shape index (κ3) is 4.35. The van der Waals surface area contributed by atoms with Crippen LogP contribution in [0.4, 0.5) is 13.2 Å². The van der Waals surface area contributed by atoms with E-state index < -0.39 is 30.2 Å². The fourth-order valence-corrected chi connectivity index (χ4v) is 4.25. The third-order valence-corrected chi connectivity index (χ3v) is 5.79. The second-order valence-corrected chi connectivity index (χ2v) is 8.03. The second kappa shape index (κ2) is 9.27. The number of fused-ring (bicyclic) bond motifs is 3. The number of halogens is 4. The van der Waals surface area contributed by atoms with Gasteiger partial charge in [0.25, 0.3) is 0 Å². The van der Waals surface area contributed by atoms with Crippen LogP contribution in [0, 0.1) is 6.92 Å². The molecule has 0 fully saturated rings. The van der Waals surface area contributed by atoms with Crippen LogP contribution in [0.2, 0.25) is 5.02 Å². The number of methoxy groups -OCH3 is 1. The van der Waals surface area contributed by atoms with Gasteiger partial charge in [-0.2, -0.15) is 13.2 Å². The number of carbonyl (C=O) groups excluding carboxylic acids is 1. The maximum absolute atomic E-state index is 13.9. The lowest BCUT2D eigenvalue weighted by Crippen LogP contribution is -2.18. The van der Waals surface area contributed by atoms with E-state index in [4.69, 9.17) is 25.8 Å². The molecule has 0 bridgehead atoms. The summed E-state index contributed by atoms with van der Waals surface area (Å²) in [7, 11) is 1.46. The average molecular weight is 496 g/mol. The van der Waals surface area contributed by atoms with Crippen LogP contribution in [0.3, 0.4) is 0 Å². The van der Waals surface area contributed by atoms with E-state index in [9.17, 15) is 18.0 Å². The lowest BCUT2D eigenvalue weighted by molar-refractivity contribution is -0.147. The molecule has 0 amide bonds. The van der Waals surface area contributed by atoms with Crippen LogP contribution >= 0.6 is 11.6 Å². The van der Waals surface area contributed by atoms with Gasteiger partial charge in [0.05, 0.1) is 30.8 Å². The van der Waals surface area contributed by atoms with Gasteiger partial charge in [-0.3, -0.25) is 9.36 Å². The van der Waals surface area contributed by atoms with Crippen molar-refractivity contribution in [2.75, 3.05) is 13.7 Å². The fraction of sp³-hybridized carbons (Fsp3) is 0.348. The standard InChI is InChI=1S/C23H21ClF3N3O4/c1-4-33-18(31)11-17-21-28-29-22(23(25,26)27)30(21)15-9-8-12(2)10-14(15)20(34-17)13-6-5-7-16(32-3)19(13)24/h5-10,17,20H,4,11H2,1-3H3/t17-,20-/m1/s1. The highest BCUT2D eigenvalue weighted by molar-refractivity contribution is 6.32. The highest BCUT2D eigenvalue weighted by Gasteiger charge is 2.43. The molecule has 0 saturated carbocycles. The monoisotopic (exact) mass is 495 g/mol. The Morgan fingerprint density at radius 2 is 1.97 bits per heavy atom. The smallest absolute Gasteiger partial charge is 0.452 e. The van der Waals surface area contributed by atoms with Crippen LogP contribution in [0.25, 0.3) is 5.69 Å². The number of nitrogens with zero attached hydrogens (tertiary/aromatic N) is 3. The number of rotatable bonds is 5. The summed E-state index contributed by atoms with van der Waals surface area (Å²) >= 11 is 6.58. The van der Waals surface area contributed by atoms with Gasteiger partial charge in [-0.05, 0) is 26.0 Å². The number of carbonyl (C=O) groups is 1. The van der Waals surface area contributed by atoms with Crippen molar-refractivity contribution in [3.8, 4) is 11.4 Å². The zero-order valence-electron chi connectivity index (χ0n) is 18.5. The first-order valence-electron chi connectivity index (χ1n) is 10.4. The van der Waals surface area contributed by atoms with E-state index in [1.165, 1.54) is 7.11 Å². The molecule has 34 heavy (non-hydrogen) atoms. The lowest BCUT2D eigenvalue weighted by atomic mass is 9.97. The van der Waals surface area contributed by atoms with Gasteiger partial charge in [-0.1, -0.05) is 41.4 Å². The molecule has 0 aliphatic carbocycles. The topological polar surface area (TPSA) is 75.5 Å². The third-order valence-electron chi connectivity index (χ3n) is 5.39. The van der Waals surface area contributed by atoms with Gasteiger partial charge < -0.3 is 14.2 Å². The molecule has 1 aliphatic heterocycles. The minimum Gasteiger partial charge on any atom is -0.495 e. The Kier molecular flexibility index (Phi) is 6.55. The molecule has 180 valence electrons. The first kappa shape index (κ1) is 24.0. The number of hydrogen-bond acceptors (Lipinski definition) is 6. The minimum absolute atomic E-state index is 0.108. The molecule has 7 nitrogen and oxygen atoms in total. The van der Waals surface area contributed by atoms with Gasteiger partial charge in [0.1, 0.15) is 18.0 Å². The molecule has 0 saturated heterocycles. The summed E-state index contributed by atoms with van der Waals surface area (Å²) in [5.74, 6) is -1.65. The number of aryl methyl sites for hydroxylation is 1. The van der Waals surface area contributed by atoms with Crippen molar-refractivity contribution in [2.45, 2.75) is 38.7 Å². The maximum atomic E-state index is 13.9. The van der Waals surface area contributed by atoms with Crippen molar-refractivity contribution in [2.24, 2.45) is 0 Å². The number of alkyl halides is 3. The molecular formula is C23H21ClF3N3O4. The largest absolute Gasteiger partial charge is 0.495 e. The maximum Gasteiger partial charge on any atom is 0.452 e. The first-order chi connectivity index (χ1) is 16.2. The van der Waals surface area contributed by atoms with Crippen LogP contribution < -0.4 is 4.74 Å². The summed E-state index contributed by atoms with van der Waals surface area (Å²) < 4.78 is 59.3. The molecule has 2 heterocycles. The molecule has 1 aromatic heterocycles. The highest BCUT2D eigenvalue weighted by Crippen LogP contribution is 2.46. The average Bonchev–Trinajstić information content (AvgIpc) is 3.18. The van der Waals surface area contributed by atoms with E-state index in [2.05, 4.69) is 10.2 Å². The van der Waals surface area contributed by atoms with Crippen molar-refractivity contribution in [1.82, 2.24) is 14.8 Å². The lowest BCUT2D eigenvalue weighted by Gasteiger charge is -2.24. The number of ether oxygens (including phenoxy) is 3. The van der Waals surface area contributed by atoms with Crippen molar-refractivity contribution in [3.05, 3.63) is 69.8 Å². The van der Waals surface area contributed by atoms with Gasteiger partial charge in [0.15, 0.2) is 5.82 Å². The molecule has 11 heteroatoms. The Morgan fingerprint density at radius 1 is 1.21 bits per heavy atom. The summed E-state index contributed by atoms with van der Waals surface area (Å²) in [4.78, 5) is 12.3. The van der Waals surface area contributed by atoms with Gasteiger partial charge in [-0.25, -0.2) is 0 Å². The molecule has 2 aromatic carbocycles. The van der Waals surface area contributed by atoms with E-state index in [-0.39, 0.29) is 29.6 Å². The SMILES string of the molecule is CCOC(=O)C[C@H]1O[C@H](c2cccc(OC)c2Cl)c2cc(C)ccc2-n2c1nnc2C(F)(F)F. The molecule has 4 rings (SSSR count). The van der Waals surface area contributed by atoms with E-state index in [0.717, 1.165) is 10.1 Å². The van der Waals surface area contributed by atoms with Crippen molar-refractivity contribution < 1.29 is 32.2 Å². The summed E-state index contributed by atoms with van der Waals surface area (Å²) in [6.45, 7) is 3.55. The van der Waals surface area contributed by atoms with E-state index in [0.29, 0.717) is 16.9 Å². The molecule has 0 radical (unpaired) electrons. The zero-order chi connectivity index (χ0) is 24.6. The predicted octanol–water partition coefficient (Wildman–Crippen LogP) is 5.37. The highest BCUT2D eigenvalue weighted by atomic mass is 35.5. The summed E-state index contributed by atoms with van der Waals surface area (Å²) in [5, 5.41) is 7.42. The van der Waals surface area contributed by atoms with E-state index in [1.54, 1.807) is 43.3 Å². The Bertz CT molecular complexity index is 1230. The van der Waals surface area contributed by atoms with Gasteiger partial charge in [-0.15, -0.1) is 10.2 Å². The Morgan fingerprint density at radius 3 is 2.65 bits per heavy atom. The fourth-order valence-electron chi connectivity index (χ4n) is 3.95. The Balaban J connectivity index is 1.98. The summed E-state index contributed by atoms with van der Waals surface area (Å²) in [6.07, 6.45) is -7.29. The number of esters is 1. The summed E-state index contributed by atoms with van der Waals surface area (Å²) in [5.41, 5.74) is 1.84. The molecule has 0 unspecified atom stereocenters. The van der Waals surface area contributed by atoms with Crippen LogP contribution in [-0.4, -0.2) is 34.5 Å². The van der Waals surface area contributed by atoms with Crippen molar-refractivity contribution in [3.63, 3.8) is 0 Å². The van der Waals surface area contributed by atoms with E-state index >= 15 is 0 Å². The van der Waals surface area contributed by atoms with Crippen LogP contribution in [0.1, 0.15) is 53.9 Å². The van der Waals surface area contributed by atoms with Crippen LogP contribution in [0.5, 0.6) is 5.75 Å². The molecule has 1 aliphatic rings. The van der Waals surface area contributed by atoms with E-state index in [1.807, 2.05) is 6.92 Å². The molecule has 2 atom stereocenters. The first-order valence-corrected chi connectivity index (χ1v) is 10.8. The van der Waals surface area contributed by atoms with Crippen LogP contribution in [0.15, 0.2) is 36.4 Å². The minimum atomic E-state index is -4.80. The Labute approximate surface area is 198 Å². The van der Waals surface area contributed by atoms with Crippen LogP contribution in [-0.2, 0) is 20.4 Å². The second-order valence-electron chi connectivity index (χ2n) is 7.65. The molecule has 3 aromatic rings. The number of aromatic nitrogens is 3. The molecule has 0 N–H and O–H groups in total. The normalized spacial score (nSPS) is 17.5. The quantitative estimate of drug-likeness (QED) is 0.443.